The molecule has 0 aromatic heterocycles. The van der Waals surface area contributed by atoms with E-state index in [2.05, 4.69) is 45.6 Å². The van der Waals surface area contributed by atoms with E-state index in [1.807, 2.05) is 24.3 Å². The van der Waals surface area contributed by atoms with Crippen LogP contribution in [0.4, 0.5) is 5.69 Å². The molecule has 3 rings (SSSR count). The monoisotopic (exact) mass is 448 g/mol. The Balaban J connectivity index is 1.42. The molecular weight excluding hydrogens is 428 g/mol. The van der Waals surface area contributed by atoms with Crippen molar-refractivity contribution in [3.8, 4) is 5.75 Å². The summed E-state index contributed by atoms with van der Waals surface area (Å²) in [5, 5.41) is 5.98. The summed E-state index contributed by atoms with van der Waals surface area (Å²) in [6.45, 7) is 2.62. The second kappa shape index (κ2) is 9.28. The second-order valence-electron chi connectivity index (χ2n) is 6.34. The summed E-state index contributed by atoms with van der Waals surface area (Å²) in [5.74, 6) is 0.521. The maximum absolute atomic E-state index is 12.0. The van der Waals surface area contributed by atoms with Crippen molar-refractivity contribution in [2.45, 2.75) is 29.9 Å². The molecule has 1 aliphatic heterocycles. The van der Waals surface area contributed by atoms with E-state index < -0.39 is 0 Å². The van der Waals surface area contributed by atoms with Crippen molar-refractivity contribution < 1.29 is 14.3 Å². The van der Waals surface area contributed by atoms with Crippen LogP contribution < -0.4 is 15.4 Å². The number of aryl methyl sites for hydroxylation is 1. The Morgan fingerprint density at radius 1 is 1.26 bits per heavy atom. The number of halogens is 1. The molecule has 1 atom stereocenters. The number of hydrogen-bond donors (Lipinski definition) is 2. The van der Waals surface area contributed by atoms with E-state index in [1.54, 1.807) is 17.8 Å². The van der Waals surface area contributed by atoms with Crippen molar-refractivity contribution in [1.82, 2.24) is 5.32 Å². The number of benzene rings is 2. The first kappa shape index (κ1) is 19.8. The van der Waals surface area contributed by atoms with Crippen LogP contribution in [-0.2, 0) is 16.0 Å². The van der Waals surface area contributed by atoms with Gasteiger partial charge in [0.2, 0.25) is 5.91 Å². The van der Waals surface area contributed by atoms with Gasteiger partial charge in [0, 0.05) is 33.3 Å². The molecular formula is C20H21BrN2O3S. The summed E-state index contributed by atoms with van der Waals surface area (Å²) in [7, 11) is 0. The van der Waals surface area contributed by atoms with E-state index in [0.717, 1.165) is 20.6 Å². The number of nitrogens with one attached hydrogen (secondary N) is 2. The number of anilines is 1. The molecule has 2 aromatic rings. The molecule has 1 aliphatic rings. The fourth-order valence-electron chi connectivity index (χ4n) is 2.69. The lowest BCUT2D eigenvalue weighted by Gasteiger charge is -2.18. The zero-order valence-electron chi connectivity index (χ0n) is 15.0. The molecule has 0 spiro atoms. The van der Waals surface area contributed by atoms with Crippen molar-refractivity contribution in [3.63, 3.8) is 0 Å². The van der Waals surface area contributed by atoms with Gasteiger partial charge in [-0.3, -0.25) is 9.59 Å². The molecule has 2 amide bonds. The Morgan fingerprint density at radius 2 is 2.04 bits per heavy atom. The van der Waals surface area contributed by atoms with Crippen LogP contribution in [0.25, 0.3) is 0 Å². The van der Waals surface area contributed by atoms with Crippen molar-refractivity contribution in [2.75, 3.05) is 18.5 Å². The predicted octanol–water partition coefficient (Wildman–Crippen LogP) is 4.01. The summed E-state index contributed by atoms with van der Waals surface area (Å²) < 4.78 is 6.64. The summed E-state index contributed by atoms with van der Waals surface area (Å²) in [4.78, 5) is 24.6. The smallest absolute Gasteiger partial charge is 0.257 e. The highest BCUT2D eigenvalue weighted by atomic mass is 79.9. The molecule has 0 radical (unpaired) electrons. The molecule has 27 heavy (non-hydrogen) atoms. The quantitative estimate of drug-likeness (QED) is 0.627. The van der Waals surface area contributed by atoms with E-state index in [1.165, 1.54) is 0 Å². The number of amides is 2. The molecule has 7 heteroatoms. The third-order valence-electron chi connectivity index (χ3n) is 4.08. The Kier molecular flexibility index (Phi) is 6.79. The molecule has 5 nitrogen and oxygen atoms in total. The van der Waals surface area contributed by atoms with Crippen LogP contribution in [-0.4, -0.2) is 30.2 Å². The van der Waals surface area contributed by atoms with E-state index in [9.17, 15) is 9.59 Å². The van der Waals surface area contributed by atoms with Crippen LogP contribution >= 0.6 is 27.7 Å². The predicted molar refractivity (Wildman–Crippen MR) is 111 cm³/mol. The molecule has 1 heterocycles. The first-order valence-electron chi connectivity index (χ1n) is 8.74. The standard InChI is InChI=1S/C20H21BrN2O3S/c1-13(27-17-6-3-15(21)4-7-17)11-22-20(25)12-26-16-5-8-18-14(10-16)2-9-19(24)23-18/h3-8,10,13H,2,9,11-12H2,1H3,(H,22,25)(H,23,24). The van der Waals surface area contributed by atoms with Gasteiger partial charge in [0.15, 0.2) is 6.61 Å². The number of fused-ring (bicyclic) bond motifs is 1. The Labute approximate surface area is 171 Å². The fourth-order valence-corrected chi connectivity index (χ4v) is 3.88. The normalized spacial score (nSPS) is 14.1. The maximum atomic E-state index is 12.0. The van der Waals surface area contributed by atoms with Crippen molar-refractivity contribution in [1.29, 1.82) is 0 Å². The molecule has 142 valence electrons. The average molecular weight is 449 g/mol. The van der Waals surface area contributed by atoms with Gasteiger partial charge < -0.3 is 15.4 Å². The topological polar surface area (TPSA) is 67.4 Å². The van der Waals surface area contributed by atoms with Gasteiger partial charge in [-0.05, 0) is 54.4 Å². The van der Waals surface area contributed by atoms with E-state index in [0.29, 0.717) is 25.1 Å². The third kappa shape index (κ3) is 6.01. The minimum atomic E-state index is -0.149. The van der Waals surface area contributed by atoms with Crippen LogP contribution in [0, 0.1) is 0 Å². The molecule has 2 N–H and O–H groups in total. The molecule has 0 aliphatic carbocycles. The Morgan fingerprint density at radius 3 is 2.81 bits per heavy atom. The zero-order valence-corrected chi connectivity index (χ0v) is 17.4. The number of carbonyl (C=O) groups excluding carboxylic acids is 2. The lowest BCUT2D eigenvalue weighted by atomic mass is 10.0. The number of rotatable bonds is 7. The number of thioether (sulfide) groups is 1. The minimum Gasteiger partial charge on any atom is -0.484 e. The highest BCUT2D eigenvalue weighted by molar-refractivity contribution is 9.10. The highest BCUT2D eigenvalue weighted by Crippen LogP contribution is 2.27. The van der Waals surface area contributed by atoms with Gasteiger partial charge in [0.1, 0.15) is 5.75 Å². The SMILES string of the molecule is CC(CNC(=O)COc1ccc2c(c1)CCC(=O)N2)Sc1ccc(Br)cc1. The van der Waals surface area contributed by atoms with Crippen molar-refractivity contribution in [2.24, 2.45) is 0 Å². The number of hydrogen-bond acceptors (Lipinski definition) is 4. The minimum absolute atomic E-state index is 0.0270. The third-order valence-corrected chi connectivity index (χ3v) is 5.72. The first-order valence-corrected chi connectivity index (χ1v) is 10.4. The van der Waals surface area contributed by atoms with Gasteiger partial charge in [0.05, 0.1) is 0 Å². The summed E-state index contributed by atoms with van der Waals surface area (Å²) in [5.41, 5.74) is 1.86. The average Bonchev–Trinajstić information content (AvgIpc) is 2.66. The second-order valence-corrected chi connectivity index (χ2v) is 8.77. The lowest BCUT2D eigenvalue weighted by Crippen LogP contribution is -2.33. The van der Waals surface area contributed by atoms with Gasteiger partial charge in [-0.1, -0.05) is 22.9 Å². The van der Waals surface area contributed by atoms with Crippen LogP contribution in [0.5, 0.6) is 5.75 Å². The number of ether oxygens (including phenoxy) is 1. The van der Waals surface area contributed by atoms with E-state index in [4.69, 9.17) is 4.74 Å². The van der Waals surface area contributed by atoms with Gasteiger partial charge >= 0.3 is 0 Å². The van der Waals surface area contributed by atoms with Crippen molar-refractivity contribution >= 4 is 45.2 Å². The summed E-state index contributed by atoms with van der Waals surface area (Å²) in [6.07, 6.45) is 1.17. The number of carbonyl (C=O) groups is 2. The van der Waals surface area contributed by atoms with Gasteiger partial charge in [-0.25, -0.2) is 0 Å². The zero-order chi connectivity index (χ0) is 19.2. The van der Waals surface area contributed by atoms with Crippen LogP contribution in [0.3, 0.4) is 0 Å². The highest BCUT2D eigenvalue weighted by Gasteiger charge is 2.15. The maximum Gasteiger partial charge on any atom is 0.257 e. The first-order chi connectivity index (χ1) is 13.0. The Hall–Kier alpha value is -1.99. The fraction of sp³-hybridized carbons (Fsp3) is 0.300. The van der Waals surface area contributed by atoms with Crippen LogP contribution in [0.1, 0.15) is 18.9 Å². The largest absolute Gasteiger partial charge is 0.484 e. The van der Waals surface area contributed by atoms with E-state index >= 15 is 0 Å². The van der Waals surface area contributed by atoms with Gasteiger partial charge in [-0.15, -0.1) is 11.8 Å². The van der Waals surface area contributed by atoms with Crippen LogP contribution in [0.2, 0.25) is 0 Å². The summed E-state index contributed by atoms with van der Waals surface area (Å²) >= 11 is 5.14. The molecule has 0 bridgehead atoms. The summed E-state index contributed by atoms with van der Waals surface area (Å²) in [6, 6.07) is 13.6. The lowest BCUT2D eigenvalue weighted by molar-refractivity contribution is -0.123. The molecule has 2 aromatic carbocycles. The van der Waals surface area contributed by atoms with Gasteiger partial charge in [-0.2, -0.15) is 0 Å². The molecule has 0 saturated heterocycles. The molecule has 0 saturated carbocycles. The van der Waals surface area contributed by atoms with Crippen molar-refractivity contribution in [3.05, 3.63) is 52.5 Å². The Bertz CT molecular complexity index is 826. The van der Waals surface area contributed by atoms with Gasteiger partial charge in [0.25, 0.3) is 5.91 Å². The van der Waals surface area contributed by atoms with E-state index in [-0.39, 0.29) is 23.7 Å². The molecule has 0 fully saturated rings. The molecule has 1 unspecified atom stereocenters. The van der Waals surface area contributed by atoms with Crippen LogP contribution in [0.15, 0.2) is 51.8 Å².